The van der Waals surface area contributed by atoms with E-state index in [1.165, 1.54) is 30.3 Å². The van der Waals surface area contributed by atoms with E-state index in [4.69, 9.17) is 0 Å². The summed E-state index contributed by atoms with van der Waals surface area (Å²) < 4.78 is 36.8. The first-order valence-corrected chi connectivity index (χ1v) is 7.50. The average molecular weight is 364 g/mol. The number of hydrogen-bond acceptors (Lipinski definition) is 3. The highest BCUT2D eigenvalue weighted by Crippen LogP contribution is 2.25. The van der Waals surface area contributed by atoms with Crippen LogP contribution in [0.3, 0.4) is 0 Å². The van der Waals surface area contributed by atoms with Gasteiger partial charge in [-0.3, -0.25) is 14.9 Å². The van der Waals surface area contributed by atoms with Crippen LogP contribution in [0.25, 0.3) is 6.08 Å². The van der Waals surface area contributed by atoms with E-state index in [0.717, 1.165) is 12.1 Å². The molecule has 0 aliphatic heterocycles. The van der Waals surface area contributed by atoms with Crippen LogP contribution in [0.2, 0.25) is 0 Å². The van der Waals surface area contributed by atoms with Gasteiger partial charge in [-0.15, -0.1) is 0 Å². The van der Waals surface area contributed by atoms with Gasteiger partial charge in [-0.1, -0.05) is 12.1 Å². The number of aryl methyl sites for hydroxylation is 2. The van der Waals surface area contributed by atoms with Crippen molar-refractivity contribution in [3.05, 3.63) is 74.8 Å². The lowest BCUT2D eigenvalue weighted by Crippen LogP contribution is -2.14. The molecule has 136 valence electrons. The van der Waals surface area contributed by atoms with Gasteiger partial charge in [0.15, 0.2) is 0 Å². The van der Waals surface area contributed by atoms with Gasteiger partial charge in [-0.05, 0) is 48.7 Å². The molecule has 0 fully saturated rings. The fraction of sp³-hybridized carbons (Fsp3) is 0.167. The van der Waals surface area contributed by atoms with Gasteiger partial charge >= 0.3 is 6.18 Å². The van der Waals surface area contributed by atoms with Crippen molar-refractivity contribution in [3.63, 3.8) is 0 Å². The summed E-state index contributed by atoms with van der Waals surface area (Å²) in [7, 11) is 0. The van der Waals surface area contributed by atoms with Crippen LogP contribution in [0, 0.1) is 24.0 Å². The van der Waals surface area contributed by atoms with Crippen LogP contribution >= 0.6 is 0 Å². The summed E-state index contributed by atoms with van der Waals surface area (Å²) in [5, 5.41) is 13.5. The molecule has 2 aromatic rings. The fourth-order valence-electron chi connectivity index (χ4n) is 2.43. The maximum Gasteiger partial charge on any atom is 0.409 e. The minimum atomic E-state index is -4.41. The number of alkyl halides is 3. The number of hydrogen-bond donors (Lipinski definition) is 1. The highest BCUT2D eigenvalue weighted by Gasteiger charge is 2.22. The molecule has 0 spiro atoms. The van der Waals surface area contributed by atoms with Crippen LogP contribution < -0.4 is 5.32 Å². The largest absolute Gasteiger partial charge is 0.409 e. The molecule has 0 heterocycles. The van der Waals surface area contributed by atoms with Crippen molar-refractivity contribution in [1.29, 1.82) is 0 Å². The van der Waals surface area contributed by atoms with Crippen LogP contribution in [0.1, 0.15) is 27.0 Å². The van der Waals surface area contributed by atoms with E-state index >= 15 is 0 Å². The van der Waals surface area contributed by atoms with E-state index in [2.05, 4.69) is 5.32 Å². The average Bonchev–Trinajstić information content (AvgIpc) is 2.55. The number of halogens is 3. The summed E-state index contributed by atoms with van der Waals surface area (Å²) in [5.41, 5.74) is 1.85. The van der Waals surface area contributed by atoms with Crippen LogP contribution in [-0.2, 0) is 0 Å². The number of non-ortho nitro benzene ring substituents is 1. The summed E-state index contributed by atoms with van der Waals surface area (Å²) in [6, 6.07) is 8.29. The van der Waals surface area contributed by atoms with Crippen molar-refractivity contribution >= 4 is 23.4 Å². The molecule has 0 aliphatic rings. The van der Waals surface area contributed by atoms with E-state index in [-0.39, 0.29) is 17.3 Å². The Hall–Kier alpha value is -3.16. The van der Waals surface area contributed by atoms with Gasteiger partial charge in [0, 0.05) is 29.5 Å². The van der Waals surface area contributed by atoms with Gasteiger partial charge < -0.3 is 5.32 Å². The molecule has 0 saturated heterocycles. The Labute approximate surface area is 147 Å². The topological polar surface area (TPSA) is 72.2 Å². The molecule has 1 amide bonds. The molecule has 0 radical (unpaired) electrons. The Morgan fingerprint density at radius 3 is 2.31 bits per heavy atom. The van der Waals surface area contributed by atoms with Crippen LogP contribution in [-0.4, -0.2) is 17.0 Å². The van der Waals surface area contributed by atoms with Gasteiger partial charge in [0.25, 0.3) is 11.6 Å². The van der Waals surface area contributed by atoms with Gasteiger partial charge in [0.2, 0.25) is 0 Å². The summed E-state index contributed by atoms with van der Waals surface area (Å²) >= 11 is 0. The predicted octanol–water partition coefficient (Wildman–Crippen LogP) is 5.04. The van der Waals surface area contributed by atoms with E-state index < -0.39 is 17.0 Å². The number of benzene rings is 2. The smallest absolute Gasteiger partial charge is 0.321 e. The number of nitrogens with one attached hydrogen (secondary N) is 1. The standard InChI is InChI=1S/C18H15F3N2O3/c1-11-8-13(6-7-18(19,20)21)9-12(2)16(11)22-17(24)14-4-3-5-15(10-14)23(25)26/h3-10H,1-2H3,(H,22,24). The Morgan fingerprint density at radius 1 is 1.15 bits per heavy atom. The molecule has 0 unspecified atom stereocenters. The number of nitrogens with zero attached hydrogens (tertiary/aromatic N) is 1. The molecule has 26 heavy (non-hydrogen) atoms. The van der Waals surface area contributed by atoms with Gasteiger partial charge in [0.1, 0.15) is 0 Å². The second-order valence-electron chi connectivity index (χ2n) is 5.67. The molecule has 0 atom stereocenters. The highest BCUT2D eigenvalue weighted by atomic mass is 19.4. The molecule has 8 heteroatoms. The summed E-state index contributed by atoms with van der Waals surface area (Å²) in [6.07, 6.45) is -3.31. The zero-order valence-corrected chi connectivity index (χ0v) is 13.9. The SMILES string of the molecule is Cc1cc(C=CC(F)(F)F)cc(C)c1NC(=O)c1cccc([N+](=O)[O-])c1. The normalized spacial score (nSPS) is 11.6. The summed E-state index contributed by atoms with van der Waals surface area (Å²) in [6.45, 7) is 3.31. The number of nitro groups is 1. The monoisotopic (exact) mass is 364 g/mol. The van der Waals surface area contributed by atoms with Crippen molar-refractivity contribution in [2.24, 2.45) is 0 Å². The lowest BCUT2D eigenvalue weighted by molar-refractivity contribution is -0.384. The number of anilines is 1. The Kier molecular flexibility index (Phi) is 5.44. The van der Waals surface area contributed by atoms with Crippen molar-refractivity contribution in [2.75, 3.05) is 5.32 Å². The first-order valence-electron chi connectivity index (χ1n) is 7.50. The molecular weight excluding hydrogens is 349 g/mol. The molecule has 0 aromatic heterocycles. The minimum Gasteiger partial charge on any atom is -0.321 e. The summed E-state index contributed by atoms with van der Waals surface area (Å²) in [5.74, 6) is -0.543. The van der Waals surface area contributed by atoms with E-state index in [1.807, 2.05) is 0 Å². The van der Waals surface area contributed by atoms with E-state index in [1.54, 1.807) is 13.8 Å². The maximum absolute atomic E-state index is 12.3. The zero-order chi connectivity index (χ0) is 19.5. The Morgan fingerprint density at radius 2 is 1.77 bits per heavy atom. The van der Waals surface area contributed by atoms with E-state index in [0.29, 0.717) is 22.4 Å². The minimum absolute atomic E-state index is 0.110. The van der Waals surface area contributed by atoms with Crippen LogP contribution in [0.5, 0.6) is 0 Å². The Bertz CT molecular complexity index is 866. The van der Waals surface area contributed by atoms with Crippen LogP contribution in [0.4, 0.5) is 24.5 Å². The predicted molar refractivity (Wildman–Crippen MR) is 92.1 cm³/mol. The number of amides is 1. The third-order valence-corrected chi connectivity index (χ3v) is 3.58. The number of carbonyl (C=O) groups is 1. The number of nitro benzene ring substituents is 1. The molecule has 2 rings (SSSR count). The number of rotatable bonds is 4. The number of carbonyl (C=O) groups excluding carboxylic acids is 1. The van der Waals surface area contributed by atoms with Crippen molar-refractivity contribution in [2.45, 2.75) is 20.0 Å². The van der Waals surface area contributed by atoms with Crippen molar-refractivity contribution in [3.8, 4) is 0 Å². The molecule has 0 saturated carbocycles. The lowest BCUT2D eigenvalue weighted by atomic mass is 10.0. The second-order valence-corrected chi connectivity index (χ2v) is 5.67. The van der Waals surface area contributed by atoms with Crippen molar-refractivity contribution in [1.82, 2.24) is 0 Å². The maximum atomic E-state index is 12.3. The Balaban J connectivity index is 2.27. The number of allylic oxidation sites excluding steroid dienone is 1. The molecular formula is C18H15F3N2O3. The molecule has 0 bridgehead atoms. The molecule has 2 aromatic carbocycles. The van der Waals surface area contributed by atoms with Gasteiger partial charge in [0.05, 0.1) is 4.92 Å². The van der Waals surface area contributed by atoms with Gasteiger partial charge in [-0.2, -0.15) is 13.2 Å². The van der Waals surface area contributed by atoms with Gasteiger partial charge in [-0.25, -0.2) is 0 Å². The molecule has 0 aliphatic carbocycles. The zero-order valence-electron chi connectivity index (χ0n) is 13.9. The summed E-state index contributed by atoms with van der Waals surface area (Å²) in [4.78, 5) is 22.5. The van der Waals surface area contributed by atoms with Crippen LogP contribution in [0.15, 0.2) is 42.5 Å². The molecule has 1 N–H and O–H groups in total. The van der Waals surface area contributed by atoms with Crippen molar-refractivity contribution < 1.29 is 22.9 Å². The third kappa shape index (κ3) is 4.92. The fourth-order valence-corrected chi connectivity index (χ4v) is 2.43. The van der Waals surface area contributed by atoms with E-state index in [9.17, 15) is 28.1 Å². The first kappa shape index (κ1) is 19.2. The second kappa shape index (κ2) is 7.38. The quantitative estimate of drug-likeness (QED) is 0.610. The third-order valence-electron chi connectivity index (χ3n) is 3.58. The lowest BCUT2D eigenvalue weighted by Gasteiger charge is -2.13. The molecule has 5 nitrogen and oxygen atoms in total. The first-order chi connectivity index (χ1) is 12.1. The highest BCUT2D eigenvalue weighted by molar-refractivity contribution is 6.05.